The second-order valence-corrected chi connectivity index (χ2v) is 9.30. The van der Waals surface area contributed by atoms with Gasteiger partial charge in [0, 0.05) is 11.2 Å². The highest BCUT2D eigenvalue weighted by Gasteiger charge is 2.61. The lowest BCUT2D eigenvalue weighted by molar-refractivity contribution is -0.154. The van der Waals surface area contributed by atoms with Gasteiger partial charge in [0.2, 0.25) is 11.0 Å². The Bertz CT molecular complexity index is 494. The third-order valence-corrected chi connectivity index (χ3v) is 6.79. The molecule has 3 atom stereocenters. The third kappa shape index (κ3) is 3.87. The molecule has 0 aromatic heterocycles. The van der Waals surface area contributed by atoms with E-state index in [1.807, 2.05) is 20.8 Å². The topological polar surface area (TPSA) is 63.7 Å². The molecule has 2 aliphatic heterocycles. The van der Waals surface area contributed by atoms with Crippen molar-refractivity contribution in [2.75, 3.05) is 5.94 Å². The maximum absolute atomic E-state index is 12.5. The Morgan fingerprint density at radius 1 is 1.35 bits per heavy atom. The van der Waals surface area contributed by atoms with Crippen molar-refractivity contribution in [1.82, 2.24) is 4.90 Å². The van der Waals surface area contributed by atoms with Gasteiger partial charge in [0.1, 0.15) is 12.0 Å². The summed E-state index contributed by atoms with van der Waals surface area (Å²) in [5.74, 6) is -0.198. The van der Waals surface area contributed by atoms with Crippen LogP contribution in [0.15, 0.2) is 0 Å². The Kier molecular flexibility index (Phi) is 6.05. The van der Waals surface area contributed by atoms with Gasteiger partial charge in [-0.3, -0.25) is 14.4 Å². The number of rotatable bonds is 7. The number of ether oxygens (including phenoxy) is 1. The summed E-state index contributed by atoms with van der Waals surface area (Å²) >= 11 is 2.68. The molecule has 2 fully saturated rings. The number of esters is 1. The maximum atomic E-state index is 12.5. The lowest BCUT2D eigenvalue weighted by Crippen LogP contribution is -2.61. The molecule has 5 nitrogen and oxygen atoms in total. The summed E-state index contributed by atoms with van der Waals surface area (Å²) in [6.07, 6.45) is 3.28. The Labute approximate surface area is 146 Å². The van der Waals surface area contributed by atoms with E-state index in [1.54, 1.807) is 16.7 Å². The summed E-state index contributed by atoms with van der Waals surface area (Å²) in [6.45, 7) is 7.98. The normalized spacial score (nSPS) is 28.3. The number of carbonyl (C=O) groups excluding carboxylic acids is 3. The summed E-state index contributed by atoms with van der Waals surface area (Å²) in [4.78, 5) is 37.8. The number of nitrogens with zero attached hydrogens (tertiary/aromatic N) is 1. The standard InChI is InChI=1S/C16H25NO4S2/c1-5-6-7-8-11(18)21-9-22-15(20)12-16(3,4)23-14-10(2)13(19)17(12)14/h10,12,14H,5-9H2,1-4H3/t10-,12+,14-/m1/s1. The van der Waals surface area contributed by atoms with Gasteiger partial charge in [-0.2, -0.15) is 0 Å². The first-order chi connectivity index (χ1) is 10.8. The highest BCUT2D eigenvalue weighted by molar-refractivity contribution is 8.13. The molecule has 2 heterocycles. The molecule has 2 aliphatic rings. The van der Waals surface area contributed by atoms with E-state index in [0.29, 0.717) is 6.42 Å². The average molecular weight is 360 g/mol. The second kappa shape index (κ2) is 7.47. The van der Waals surface area contributed by atoms with E-state index in [-0.39, 0.29) is 39.0 Å². The van der Waals surface area contributed by atoms with Crippen molar-refractivity contribution >= 4 is 40.5 Å². The summed E-state index contributed by atoms with van der Waals surface area (Å²) < 4.78 is 4.80. The van der Waals surface area contributed by atoms with E-state index >= 15 is 0 Å². The van der Waals surface area contributed by atoms with E-state index in [2.05, 4.69) is 6.92 Å². The van der Waals surface area contributed by atoms with Crippen molar-refractivity contribution in [2.45, 2.75) is 69.5 Å². The Hall–Kier alpha value is -0.690. The molecule has 130 valence electrons. The predicted octanol–water partition coefficient (Wildman–Crippen LogP) is 3.03. The van der Waals surface area contributed by atoms with E-state index in [1.165, 1.54) is 0 Å². The SMILES string of the molecule is CCCCCC(=O)OCSC(=O)[C@@H]1N2C(=O)[C@@H](C)[C@H]2SC1(C)C. The first kappa shape index (κ1) is 18.6. The van der Waals surface area contributed by atoms with Gasteiger partial charge in [-0.1, -0.05) is 26.7 Å². The summed E-state index contributed by atoms with van der Waals surface area (Å²) in [5.41, 5.74) is 0. The first-order valence-corrected chi connectivity index (χ1v) is 9.98. The largest absolute Gasteiger partial charge is 0.454 e. The molecule has 0 unspecified atom stereocenters. The molecule has 0 radical (unpaired) electrons. The first-order valence-electron chi connectivity index (χ1n) is 8.12. The molecular formula is C16H25NO4S2. The molecule has 2 saturated heterocycles. The second-order valence-electron chi connectivity index (χ2n) is 6.60. The van der Waals surface area contributed by atoms with Crippen LogP contribution in [0.5, 0.6) is 0 Å². The summed E-state index contributed by atoms with van der Waals surface area (Å²) in [7, 11) is 0. The number of hydrogen-bond acceptors (Lipinski definition) is 6. The van der Waals surface area contributed by atoms with Crippen molar-refractivity contribution in [2.24, 2.45) is 5.92 Å². The van der Waals surface area contributed by atoms with Crippen LogP contribution in [-0.4, -0.2) is 44.0 Å². The maximum Gasteiger partial charge on any atom is 0.306 e. The van der Waals surface area contributed by atoms with Crippen molar-refractivity contribution in [3.8, 4) is 0 Å². The zero-order valence-electron chi connectivity index (χ0n) is 14.2. The van der Waals surface area contributed by atoms with Gasteiger partial charge in [-0.25, -0.2) is 0 Å². The van der Waals surface area contributed by atoms with Crippen LogP contribution in [0, 0.1) is 5.92 Å². The quantitative estimate of drug-likeness (QED) is 0.301. The molecule has 23 heavy (non-hydrogen) atoms. The van der Waals surface area contributed by atoms with Gasteiger partial charge in [0.15, 0.2) is 0 Å². The lowest BCUT2D eigenvalue weighted by Gasteiger charge is -2.42. The summed E-state index contributed by atoms with van der Waals surface area (Å²) in [5, 5.41) is 0.00949. The fourth-order valence-electron chi connectivity index (χ4n) is 3.01. The number of β-lactam (4-membered cyclic amide) rings is 1. The van der Waals surface area contributed by atoms with Gasteiger partial charge in [0.25, 0.3) is 0 Å². The third-order valence-electron chi connectivity index (χ3n) is 4.34. The lowest BCUT2D eigenvalue weighted by atomic mass is 9.94. The van der Waals surface area contributed by atoms with Crippen molar-refractivity contribution < 1.29 is 19.1 Å². The van der Waals surface area contributed by atoms with E-state index in [4.69, 9.17) is 4.74 Å². The van der Waals surface area contributed by atoms with Crippen LogP contribution < -0.4 is 0 Å². The Morgan fingerprint density at radius 3 is 2.70 bits per heavy atom. The van der Waals surface area contributed by atoms with Gasteiger partial charge in [-0.15, -0.1) is 11.8 Å². The molecule has 0 saturated carbocycles. The average Bonchev–Trinajstić information content (AvgIpc) is 2.75. The van der Waals surface area contributed by atoms with Gasteiger partial charge < -0.3 is 9.64 Å². The van der Waals surface area contributed by atoms with Gasteiger partial charge >= 0.3 is 5.97 Å². The molecule has 0 spiro atoms. The van der Waals surface area contributed by atoms with Gasteiger partial charge in [0.05, 0.1) is 11.3 Å². The van der Waals surface area contributed by atoms with E-state index < -0.39 is 6.04 Å². The van der Waals surface area contributed by atoms with E-state index in [9.17, 15) is 14.4 Å². The highest BCUT2D eigenvalue weighted by atomic mass is 32.2. The molecule has 0 aliphatic carbocycles. The molecule has 2 rings (SSSR count). The molecular weight excluding hydrogens is 334 g/mol. The Balaban J connectivity index is 1.81. The smallest absolute Gasteiger partial charge is 0.306 e. The van der Waals surface area contributed by atoms with Gasteiger partial charge in [-0.05, 0) is 32.0 Å². The zero-order chi connectivity index (χ0) is 17.2. The molecule has 0 N–H and O–H groups in total. The van der Waals surface area contributed by atoms with Crippen molar-refractivity contribution in [1.29, 1.82) is 0 Å². The Morgan fingerprint density at radius 2 is 2.04 bits per heavy atom. The number of unbranched alkanes of at least 4 members (excludes halogenated alkanes) is 2. The monoisotopic (exact) mass is 359 g/mol. The minimum absolute atomic E-state index is 0.0153. The predicted molar refractivity (Wildman–Crippen MR) is 93.0 cm³/mol. The van der Waals surface area contributed by atoms with Crippen LogP contribution >= 0.6 is 23.5 Å². The molecule has 0 bridgehead atoms. The number of hydrogen-bond donors (Lipinski definition) is 0. The highest BCUT2D eigenvalue weighted by Crippen LogP contribution is 2.53. The molecule has 0 aromatic rings. The fraction of sp³-hybridized carbons (Fsp3) is 0.812. The number of thioether (sulfide) groups is 2. The van der Waals surface area contributed by atoms with Crippen LogP contribution in [0.3, 0.4) is 0 Å². The van der Waals surface area contributed by atoms with Crippen LogP contribution in [0.1, 0.15) is 53.4 Å². The number of carbonyl (C=O) groups is 3. The molecule has 0 aromatic carbocycles. The zero-order valence-corrected chi connectivity index (χ0v) is 15.8. The van der Waals surface area contributed by atoms with E-state index in [0.717, 1.165) is 31.0 Å². The molecule has 7 heteroatoms. The van der Waals surface area contributed by atoms with Crippen LogP contribution in [0.2, 0.25) is 0 Å². The number of amides is 1. The van der Waals surface area contributed by atoms with Crippen molar-refractivity contribution in [3.05, 3.63) is 0 Å². The van der Waals surface area contributed by atoms with Crippen LogP contribution in [0.25, 0.3) is 0 Å². The minimum Gasteiger partial charge on any atom is -0.454 e. The minimum atomic E-state index is -0.440. The fourth-order valence-corrected chi connectivity index (χ4v) is 5.58. The number of fused-ring (bicyclic) bond motifs is 1. The summed E-state index contributed by atoms with van der Waals surface area (Å²) in [6, 6.07) is -0.440. The van der Waals surface area contributed by atoms with Crippen molar-refractivity contribution in [3.63, 3.8) is 0 Å². The van der Waals surface area contributed by atoms with Crippen LogP contribution in [0.4, 0.5) is 0 Å². The molecule has 1 amide bonds. The van der Waals surface area contributed by atoms with Crippen LogP contribution in [-0.2, 0) is 19.1 Å².